The number of rotatable bonds is 3. The third-order valence-electron chi connectivity index (χ3n) is 6.24. The summed E-state index contributed by atoms with van der Waals surface area (Å²) in [5.41, 5.74) is 4.70. The Hall–Kier alpha value is -4.17. The van der Waals surface area contributed by atoms with Gasteiger partial charge in [-0.1, -0.05) is 12.1 Å². The van der Waals surface area contributed by atoms with Crippen LogP contribution in [0.1, 0.15) is 10.4 Å². The summed E-state index contributed by atoms with van der Waals surface area (Å²) in [6.45, 7) is 2.95. The van der Waals surface area contributed by atoms with Gasteiger partial charge in [-0.3, -0.25) is 14.8 Å². The molecular weight excluding hydrogens is 431 g/mol. The summed E-state index contributed by atoms with van der Waals surface area (Å²) in [5, 5.41) is 4.76. The minimum Gasteiger partial charge on any atom is -0.338 e. The first-order chi connectivity index (χ1) is 16.7. The standard InChI is InChI=1S/C26H21FN6O/c27-20-14-31-25-24(19-12-21(30-15-22(19)32-25)18-2-1-7-29-13-18)23(20)16-3-5-17(6-4-16)26(34)33-10-8-28-9-11-33/h1-7,12-15,28H,8-11H2,(H,31,32). The molecule has 0 saturated carbocycles. The molecule has 5 aromatic rings. The molecule has 0 spiro atoms. The highest BCUT2D eigenvalue weighted by Crippen LogP contribution is 2.36. The number of fused-ring (bicyclic) bond motifs is 3. The van der Waals surface area contributed by atoms with Gasteiger partial charge in [0.25, 0.3) is 5.91 Å². The van der Waals surface area contributed by atoms with Gasteiger partial charge in [-0.25, -0.2) is 9.37 Å². The van der Waals surface area contributed by atoms with E-state index in [4.69, 9.17) is 0 Å². The molecule has 2 N–H and O–H groups in total. The first-order valence-electron chi connectivity index (χ1n) is 11.2. The molecule has 1 aliphatic rings. The second-order valence-electron chi connectivity index (χ2n) is 8.31. The van der Waals surface area contributed by atoms with Crippen LogP contribution in [-0.4, -0.2) is 56.9 Å². The van der Waals surface area contributed by atoms with Crippen LogP contribution in [0.2, 0.25) is 0 Å². The molecule has 0 atom stereocenters. The summed E-state index contributed by atoms with van der Waals surface area (Å²) in [4.78, 5) is 30.9. The monoisotopic (exact) mass is 452 g/mol. The van der Waals surface area contributed by atoms with Crippen molar-refractivity contribution < 1.29 is 9.18 Å². The molecule has 1 saturated heterocycles. The van der Waals surface area contributed by atoms with Crippen LogP contribution in [0, 0.1) is 5.82 Å². The van der Waals surface area contributed by atoms with Crippen LogP contribution in [0.3, 0.4) is 0 Å². The molecule has 7 nitrogen and oxygen atoms in total. The maximum Gasteiger partial charge on any atom is 0.253 e. The van der Waals surface area contributed by atoms with E-state index in [1.54, 1.807) is 42.9 Å². The van der Waals surface area contributed by atoms with Gasteiger partial charge in [-0.15, -0.1) is 0 Å². The molecule has 5 heterocycles. The zero-order valence-corrected chi connectivity index (χ0v) is 18.3. The highest BCUT2D eigenvalue weighted by Gasteiger charge is 2.20. The molecule has 0 aliphatic carbocycles. The molecule has 4 aromatic heterocycles. The second kappa shape index (κ2) is 8.31. The largest absolute Gasteiger partial charge is 0.338 e. The van der Waals surface area contributed by atoms with E-state index < -0.39 is 5.82 Å². The minimum absolute atomic E-state index is 0.00678. The van der Waals surface area contributed by atoms with Crippen molar-refractivity contribution in [2.24, 2.45) is 0 Å². The zero-order valence-electron chi connectivity index (χ0n) is 18.3. The Morgan fingerprint density at radius 3 is 2.56 bits per heavy atom. The predicted molar refractivity (Wildman–Crippen MR) is 129 cm³/mol. The smallest absolute Gasteiger partial charge is 0.253 e. The number of H-pyrrole nitrogens is 1. The maximum absolute atomic E-state index is 15.2. The molecule has 1 aromatic carbocycles. The lowest BCUT2D eigenvalue weighted by Gasteiger charge is -2.27. The lowest BCUT2D eigenvalue weighted by atomic mass is 9.99. The third-order valence-corrected chi connectivity index (χ3v) is 6.24. The Kier molecular flexibility index (Phi) is 5.00. The summed E-state index contributed by atoms with van der Waals surface area (Å²) >= 11 is 0. The zero-order chi connectivity index (χ0) is 23.1. The van der Waals surface area contributed by atoms with Crippen LogP contribution in [0.25, 0.3) is 44.3 Å². The number of aromatic nitrogens is 4. The summed E-state index contributed by atoms with van der Waals surface area (Å²) < 4.78 is 15.2. The van der Waals surface area contributed by atoms with Gasteiger partial charge in [0.05, 0.1) is 23.6 Å². The molecule has 8 heteroatoms. The molecule has 0 bridgehead atoms. The van der Waals surface area contributed by atoms with Gasteiger partial charge in [0.2, 0.25) is 0 Å². The molecule has 34 heavy (non-hydrogen) atoms. The molecule has 168 valence electrons. The van der Waals surface area contributed by atoms with Crippen molar-refractivity contribution in [2.45, 2.75) is 0 Å². The number of nitrogens with zero attached hydrogens (tertiary/aromatic N) is 4. The van der Waals surface area contributed by atoms with Crippen molar-refractivity contribution in [1.29, 1.82) is 0 Å². The second-order valence-corrected chi connectivity index (χ2v) is 8.31. The fourth-order valence-electron chi connectivity index (χ4n) is 4.52. The van der Waals surface area contributed by atoms with E-state index in [1.807, 2.05) is 23.1 Å². The molecule has 0 unspecified atom stereocenters. The van der Waals surface area contributed by atoms with Crippen molar-refractivity contribution in [1.82, 2.24) is 30.2 Å². The van der Waals surface area contributed by atoms with Crippen molar-refractivity contribution in [2.75, 3.05) is 26.2 Å². The lowest BCUT2D eigenvalue weighted by Crippen LogP contribution is -2.46. The first kappa shape index (κ1) is 20.4. The van der Waals surface area contributed by atoms with Gasteiger partial charge in [0.1, 0.15) is 11.5 Å². The van der Waals surface area contributed by atoms with Gasteiger partial charge >= 0.3 is 0 Å². The summed E-state index contributed by atoms with van der Waals surface area (Å²) in [6.07, 6.45) is 6.41. The number of hydrogen-bond acceptors (Lipinski definition) is 5. The quantitative estimate of drug-likeness (QED) is 0.432. The van der Waals surface area contributed by atoms with Gasteiger partial charge < -0.3 is 15.2 Å². The topological polar surface area (TPSA) is 86.8 Å². The van der Waals surface area contributed by atoms with Gasteiger partial charge in [0, 0.05) is 66.0 Å². The summed E-state index contributed by atoms with van der Waals surface area (Å²) in [6, 6.07) is 12.9. The van der Waals surface area contributed by atoms with E-state index in [0.717, 1.165) is 35.2 Å². The Labute approximate surface area is 194 Å². The van der Waals surface area contributed by atoms with Crippen LogP contribution in [0.4, 0.5) is 4.39 Å². The van der Waals surface area contributed by atoms with Crippen molar-refractivity contribution in [3.8, 4) is 22.4 Å². The number of pyridine rings is 3. The highest BCUT2D eigenvalue weighted by atomic mass is 19.1. The lowest BCUT2D eigenvalue weighted by molar-refractivity contribution is 0.0736. The number of carbonyl (C=O) groups excluding carboxylic acids is 1. The summed E-state index contributed by atoms with van der Waals surface area (Å²) in [7, 11) is 0. The average molecular weight is 452 g/mol. The predicted octanol–water partition coefficient (Wildman–Crippen LogP) is 4.02. The third kappa shape index (κ3) is 3.48. The van der Waals surface area contributed by atoms with Gasteiger partial charge in [-0.2, -0.15) is 0 Å². The number of benzene rings is 1. The number of hydrogen-bond donors (Lipinski definition) is 2. The molecule has 0 radical (unpaired) electrons. The normalized spacial score (nSPS) is 14.1. The number of aromatic amines is 1. The Bertz CT molecular complexity index is 1510. The molecule has 1 amide bonds. The summed E-state index contributed by atoms with van der Waals surface area (Å²) in [5.74, 6) is -0.429. The highest BCUT2D eigenvalue weighted by molar-refractivity contribution is 6.13. The molecule has 1 fully saturated rings. The number of carbonyl (C=O) groups is 1. The number of halogens is 1. The van der Waals surface area contributed by atoms with Gasteiger partial charge in [0.15, 0.2) is 0 Å². The minimum atomic E-state index is -0.422. The Balaban J connectivity index is 1.46. The van der Waals surface area contributed by atoms with E-state index in [9.17, 15) is 4.79 Å². The van der Waals surface area contributed by atoms with E-state index in [-0.39, 0.29) is 5.91 Å². The Morgan fingerprint density at radius 2 is 1.79 bits per heavy atom. The SMILES string of the molecule is O=C(c1ccc(-c2c(F)cnc3[nH]c4cnc(-c5cccnc5)cc4c23)cc1)N1CCNCC1. The fraction of sp³-hybridized carbons (Fsp3) is 0.154. The maximum atomic E-state index is 15.2. The van der Waals surface area contributed by atoms with E-state index in [1.165, 1.54) is 6.20 Å². The first-order valence-corrected chi connectivity index (χ1v) is 11.2. The number of nitrogens with one attached hydrogen (secondary N) is 2. The van der Waals surface area contributed by atoms with Gasteiger partial charge in [-0.05, 0) is 35.9 Å². The van der Waals surface area contributed by atoms with Crippen LogP contribution in [0.15, 0.2) is 67.3 Å². The number of piperazine rings is 1. The Morgan fingerprint density at radius 1 is 0.971 bits per heavy atom. The average Bonchev–Trinajstić information content (AvgIpc) is 3.27. The molecule has 6 rings (SSSR count). The van der Waals surface area contributed by atoms with E-state index in [0.29, 0.717) is 40.8 Å². The molecule has 1 aliphatic heterocycles. The van der Waals surface area contributed by atoms with Crippen LogP contribution >= 0.6 is 0 Å². The van der Waals surface area contributed by atoms with Crippen LogP contribution in [-0.2, 0) is 0 Å². The molecular formula is C26H21FN6O. The van der Waals surface area contributed by atoms with Crippen LogP contribution < -0.4 is 5.32 Å². The fourth-order valence-corrected chi connectivity index (χ4v) is 4.52. The number of amides is 1. The van der Waals surface area contributed by atoms with Crippen LogP contribution in [0.5, 0.6) is 0 Å². The van der Waals surface area contributed by atoms with Crippen molar-refractivity contribution in [3.05, 3.63) is 78.6 Å². The van der Waals surface area contributed by atoms with Crippen molar-refractivity contribution >= 4 is 27.8 Å². The van der Waals surface area contributed by atoms with E-state index >= 15 is 4.39 Å². The van der Waals surface area contributed by atoms with Crippen molar-refractivity contribution in [3.63, 3.8) is 0 Å². The van der Waals surface area contributed by atoms with E-state index in [2.05, 4.69) is 25.3 Å².